The summed E-state index contributed by atoms with van der Waals surface area (Å²) in [6.45, 7) is 2.85. The molecule has 0 atom stereocenters. The van der Waals surface area contributed by atoms with Crippen molar-refractivity contribution in [3.8, 4) is 0 Å². The molecule has 0 aliphatic carbocycles. The second-order valence-corrected chi connectivity index (χ2v) is 5.28. The van der Waals surface area contributed by atoms with Crippen molar-refractivity contribution in [3.05, 3.63) is 35.4 Å². The largest absolute Gasteiger partial charge is 0.356 e. The number of amides is 1. The first-order valence-corrected chi connectivity index (χ1v) is 7.63. The van der Waals surface area contributed by atoms with Gasteiger partial charge in [0.2, 0.25) is 5.91 Å². The molecular weight excluding hydrogens is 325 g/mol. The van der Waals surface area contributed by atoms with Crippen LogP contribution in [0.25, 0.3) is 0 Å². The third kappa shape index (κ3) is 6.05. The highest BCUT2D eigenvalue weighted by atomic mass is 127. The maximum absolute atomic E-state index is 11.7. The predicted octanol–water partition coefficient (Wildman–Crippen LogP) is 3.26. The minimum Gasteiger partial charge on any atom is -0.356 e. The summed E-state index contributed by atoms with van der Waals surface area (Å²) >= 11 is 2.38. The van der Waals surface area contributed by atoms with Crippen LogP contribution in [0.2, 0.25) is 0 Å². The molecule has 1 rings (SSSR count). The average Bonchev–Trinajstić information content (AvgIpc) is 2.32. The van der Waals surface area contributed by atoms with E-state index in [0.717, 1.165) is 18.5 Å². The molecule has 0 aromatic heterocycles. The van der Waals surface area contributed by atoms with Crippen LogP contribution in [0.15, 0.2) is 24.3 Å². The zero-order valence-electron chi connectivity index (χ0n) is 10.3. The maximum atomic E-state index is 11.7. The Morgan fingerprint density at radius 2 is 2.00 bits per heavy atom. The van der Waals surface area contributed by atoms with Crippen molar-refractivity contribution in [2.75, 3.05) is 11.0 Å². The molecule has 0 aliphatic heterocycles. The van der Waals surface area contributed by atoms with E-state index in [1.807, 2.05) is 31.2 Å². The number of benzene rings is 1. The van der Waals surface area contributed by atoms with Gasteiger partial charge in [-0.3, -0.25) is 4.79 Å². The monoisotopic (exact) mass is 345 g/mol. The van der Waals surface area contributed by atoms with Crippen molar-refractivity contribution in [1.82, 2.24) is 5.32 Å². The Bertz CT molecular complexity index is 352. The molecule has 1 amide bonds. The smallest absolute Gasteiger partial charge is 0.224 e. The Kier molecular flexibility index (Phi) is 7.24. The van der Waals surface area contributed by atoms with Gasteiger partial charge >= 0.3 is 0 Å². The van der Waals surface area contributed by atoms with Gasteiger partial charge in [0, 0.05) is 6.54 Å². The van der Waals surface area contributed by atoms with Crippen LogP contribution in [0.4, 0.5) is 0 Å². The van der Waals surface area contributed by atoms with E-state index in [1.54, 1.807) is 0 Å². The van der Waals surface area contributed by atoms with Crippen molar-refractivity contribution < 1.29 is 4.79 Å². The first-order chi connectivity index (χ1) is 8.24. The third-order valence-corrected chi connectivity index (χ3v) is 3.51. The molecule has 0 saturated heterocycles. The van der Waals surface area contributed by atoms with Gasteiger partial charge in [-0.2, -0.15) is 0 Å². The number of carbonyl (C=O) groups excluding carboxylic acids is 1. The van der Waals surface area contributed by atoms with E-state index in [1.165, 1.54) is 22.8 Å². The van der Waals surface area contributed by atoms with Gasteiger partial charge in [0.1, 0.15) is 0 Å². The quantitative estimate of drug-likeness (QED) is 0.459. The highest BCUT2D eigenvalue weighted by molar-refractivity contribution is 14.1. The van der Waals surface area contributed by atoms with E-state index in [0.29, 0.717) is 6.42 Å². The lowest BCUT2D eigenvalue weighted by molar-refractivity contribution is -0.120. The molecule has 94 valence electrons. The standard InChI is InChI=1S/C14H20INO/c1-12-7-3-4-8-13(12)11-14(17)16-10-6-2-5-9-15/h3-4,7-8H,2,5-6,9-11H2,1H3,(H,16,17). The van der Waals surface area contributed by atoms with E-state index in [4.69, 9.17) is 0 Å². The second-order valence-electron chi connectivity index (χ2n) is 4.20. The molecule has 1 aromatic carbocycles. The Hall–Kier alpha value is -0.580. The number of hydrogen-bond acceptors (Lipinski definition) is 1. The summed E-state index contributed by atoms with van der Waals surface area (Å²) < 4.78 is 1.20. The first-order valence-electron chi connectivity index (χ1n) is 6.11. The molecule has 0 saturated carbocycles. The Morgan fingerprint density at radius 3 is 2.71 bits per heavy atom. The predicted molar refractivity (Wildman–Crippen MR) is 80.6 cm³/mol. The number of aryl methyl sites for hydroxylation is 1. The van der Waals surface area contributed by atoms with Crippen LogP contribution < -0.4 is 5.32 Å². The fourth-order valence-electron chi connectivity index (χ4n) is 1.67. The molecule has 0 bridgehead atoms. The molecule has 0 fully saturated rings. The second kappa shape index (κ2) is 8.50. The van der Waals surface area contributed by atoms with Gasteiger partial charge in [-0.05, 0) is 35.3 Å². The molecule has 3 heteroatoms. The average molecular weight is 345 g/mol. The number of carbonyl (C=O) groups is 1. The maximum Gasteiger partial charge on any atom is 0.224 e. The third-order valence-electron chi connectivity index (χ3n) is 2.74. The van der Waals surface area contributed by atoms with Crippen LogP contribution in [0, 0.1) is 6.92 Å². The van der Waals surface area contributed by atoms with Crippen molar-refractivity contribution in [2.24, 2.45) is 0 Å². The topological polar surface area (TPSA) is 29.1 Å². The summed E-state index contributed by atoms with van der Waals surface area (Å²) in [5, 5.41) is 2.98. The number of halogens is 1. The molecule has 0 unspecified atom stereocenters. The number of unbranched alkanes of at least 4 members (excludes halogenated alkanes) is 2. The number of nitrogens with one attached hydrogen (secondary N) is 1. The van der Waals surface area contributed by atoms with Crippen molar-refractivity contribution in [2.45, 2.75) is 32.6 Å². The van der Waals surface area contributed by atoms with E-state index < -0.39 is 0 Å². The first kappa shape index (κ1) is 14.5. The highest BCUT2D eigenvalue weighted by Gasteiger charge is 2.04. The molecule has 1 aromatic rings. The Balaban J connectivity index is 2.23. The molecule has 0 radical (unpaired) electrons. The van der Waals surface area contributed by atoms with Gasteiger partial charge in [0.05, 0.1) is 6.42 Å². The van der Waals surface area contributed by atoms with Gasteiger partial charge in [-0.25, -0.2) is 0 Å². The summed E-state index contributed by atoms with van der Waals surface area (Å²) in [4.78, 5) is 11.7. The molecule has 2 nitrogen and oxygen atoms in total. The molecule has 0 heterocycles. The fourth-order valence-corrected chi connectivity index (χ4v) is 2.21. The van der Waals surface area contributed by atoms with Crippen molar-refractivity contribution in [1.29, 1.82) is 0 Å². The summed E-state index contributed by atoms with van der Waals surface area (Å²) in [7, 11) is 0. The molecule has 0 aliphatic rings. The lowest BCUT2D eigenvalue weighted by Crippen LogP contribution is -2.26. The lowest BCUT2D eigenvalue weighted by atomic mass is 10.1. The van der Waals surface area contributed by atoms with Crippen LogP contribution in [0.1, 0.15) is 30.4 Å². The van der Waals surface area contributed by atoms with Crippen LogP contribution in [0.3, 0.4) is 0 Å². The zero-order chi connectivity index (χ0) is 12.5. The normalized spacial score (nSPS) is 10.2. The van der Waals surface area contributed by atoms with Crippen molar-refractivity contribution >= 4 is 28.5 Å². The van der Waals surface area contributed by atoms with Crippen LogP contribution >= 0.6 is 22.6 Å². The van der Waals surface area contributed by atoms with Crippen LogP contribution in [-0.2, 0) is 11.2 Å². The fraction of sp³-hybridized carbons (Fsp3) is 0.500. The Labute approximate surface area is 117 Å². The minimum absolute atomic E-state index is 0.133. The molecule has 1 N–H and O–H groups in total. The zero-order valence-corrected chi connectivity index (χ0v) is 12.5. The highest BCUT2D eigenvalue weighted by Crippen LogP contribution is 2.07. The van der Waals surface area contributed by atoms with Crippen molar-refractivity contribution in [3.63, 3.8) is 0 Å². The summed E-state index contributed by atoms with van der Waals surface area (Å²) in [5.74, 6) is 0.133. The van der Waals surface area contributed by atoms with E-state index in [9.17, 15) is 4.79 Å². The number of alkyl halides is 1. The molecule has 17 heavy (non-hydrogen) atoms. The number of hydrogen-bond donors (Lipinski definition) is 1. The van der Waals surface area contributed by atoms with Crippen LogP contribution in [0.5, 0.6) is 0 Å². The summed E-state index contributed by atoms with van der Waals surface area (Å²) in [6, 6.07) is 8.05. The van der Waals surface area contributed by atoms with E-state index in [-0.39, 0.29) is 5.91 Å². The minimum atomic E-state index is 0.133. The summed E-state index contributed by atoms with van der Waals surface area (Å²) in [5.41, 5.74) is 2.31. The van der Waals surface area contributed by atoms with Crippen LogP contribution in [-0.4, -0.2) is 16.9 Å². The number of rotatable bonds is 7. The van der Waals surface area contributed by atoms with E-state index in [2.05, 4.69) is 27.9 Å². The van der Waals surface area contributed by atoms with Gasteiger partial charge in [-0.1, -0.05) is 53.3 Å². The lowest BCUT2D eigenvalue weighted by Gasteiger charge is -2.07. The van der Waals surface area contributed by atoms with Gasteiger partial charge < -0.3 is 5.32 Å². The SMILES string of the molecule is Cc1ccccc1CC(=O)NCCCCCI. The molecular formula is C14H20INO. The van der Waals surface area contributed by atoms with Gasteiger partial charge in [-0.15, -0.1) is 0 Å². The van der Waals surface area contributed by atoms with Gasteiger partial charge in [0.15, 0.2) is 0 Å². The summed E-state index contributed by atoms with van der Waals surface area (Å²) in [6.07, 6.45) is 4.03. The van der Waals surface area contributed by atoms with E-state index >= 15 is 0 Å². The Morgan fingerprint density at radius 1 is 1.24 bits per heavy atom. The molecule has 0 spiro atoms. The van der Waals surface area contributed by atoms with Gasteiger partial charge in [0.25, 0.3) is 0 Å².